The van der Waals surface area contributed by atoms with E-state index in [0.717, 1.165) is 57.6 Å². The smallest absolute Gasteiger partial charge is 0.337 e. The highest BCUT2D eigenvalue weighted by Gasteiger charge is 2.35. The SMILES string of the molecule is Cc1ccc(-c2c([C@H](OC(C)(C)C)C(=O)O)c(C)c3c4c2cc(C)n4CCN3CCOCC(C)F)cc1. The van der Waals surface area contributed by atoms with Crippen LogP contribution < -0.4 is 4.90 Å². The minimum atomic E-state index is -1.15. The van der Waals surface area contributed by atoms with Crippen molar-refractivity contribution >= 4 is 22.6 Å². The summed E-state index contributed by atoms with van der Waals surface area (Å²) in [6.07, 6.45) is -2.16. The van der Waals surface area contributed by atoms with Gasteiger partial charge in [-0.1, -0.05) is 29.8 Å². The third kappa shape index (κ3) is 5.53. The predicted octanol–water partition coefficient (Wildman–Crippen LogP) is 6.37. The second kappa shape index (κ2) is 10.5. The molecule has 0 saturated carbocycles. The first-order valence-electron chi connectivity index (χ1n) is 13.0. The zero-order valence-corrected chi connectivity index (χ0v) is 23.0. The molecule has 1 unspecified atom stereocenters. The molecule has 7 heteroatoms. The highest BCUT2D eigenvalue weighted by Crippen LogP contribution is 2.47. The van der Waals surface area contributed by atoms with Crippen LogP contribution in [0.2, 0.25) is 0 Å². The van der Waals surface area contributed by atoms with Crippen LogP contribution in [0.5, 0.6) is 0 Å². The summed E-state index contributed by atoms with van der Waals surface area (Å²) in [6, 6.07) is 10.4. The average Bonchev–Trinajstić information content (AvgIpc) is 3.14. The summed E-state index contributed by atoms with van der Waals surface area (Å²) in [4.78, 5) is 15.0. The lowest BCUT2D eigenvalue weighted by Crippen LogP contribution is -2.36. The van der Waals surface area contributed by atoms with E-state index in [9.17, 15) is 14.3 Å². The zero-order valence-electron chi connectivity index (χ0n) is 23.0. The molecule has 37 heavy (non-hydrogen) atoms. The van der Waals surface area contributed by atoms with E-state index in [-0.39, 0.29) is 6.61 Å². The van der Waals surface area contributed by atoms with Crippen molar-refractivity contribution < 1.29 is 23.8 Å². The second-order valence-corrected chi connectivity index (χ2v) is 11.1. The Morgan fingerprint density at radius 1 is 1.14 bits per heavy atom. The van der Waals surface area contributed by atoms with E-state index in [2.05, 4.69) is 46.7 Å². The van der Waals surface area contributed by atoms with Gasteiger partial charge in [-0.3, -0.25) is 0 Å². The number of ether oxygens (including phenoxy) is 2. The number of aryl methyl sites for hydroxylation is 2. The molecule has 0 radical (unpaired) electrons. The molecule has 1 aliphatic heterocycles. The number of halogens is 1. The van der Waals surface area contributed by atoms with Crippen molar-refractivity contribution in [2.24, 2.45) is 0 Å². The Labute approximate surface area is 219 Å². The Bertz CT molecular complexity index is 1290. The molecule has 0 bridgehead atoms. The highest BCUT2D eigenvalue weighted by molar-refractivity contribution is 6.07. The molecule has 1 aromatic heterocycles. The van der Waals surface area contributed by atoms with Gasteiger partial charge in [0, 0.05) is 36.3 Å². The van der Waals surface area contributed by atoms with Crippen LogP contribution >= 0.6 is 0 Å². The Hall–Kier alpha value is -2.90. The van der Waals surface area contributed by atoms with E-state index in [1.54, 1.807) is 0 Å². The van der Waals surface area contributed by atoms with Gasteiger partial charge in [0.1, 0.15) is 6.17 Å². The Kier molecular flexibility index (Phi) is 7.67. The summed E-state index contributed by atoms with van der Waals surface area (Å²) in [5, 5.41) is 11.4. The minimum Gasteiger partial charge on any atom is -0.479 e. The summed E-state index contributed by atoms with van der Waals surface area (Å²) >= 11 is 0. The number of nitrogens with zero attached hydrogens (tertiary/aromatic N) is 2. The third-order valence-corrected chi connectivity index (χ3v) is 6.89. The number of carboxylic acid groups (broad SMARTS) is 1. The van der Waals surface area contributed by atoms with E-state index in [0.29, 0.717) is 18.7 Å². The van der Waals surface area contributed by atoms with Gasteiger partial charge in [-0.05, 0) is 71.2 Å². The van der Waals surface area contributed by atoms with E-state index < -0.39 is 23.8 Å². The molecule has 2 aromatic carbocycles. The van der Waals surface area contributed by atoms with E-state index in [4.69, 9.17) is 9.47 Å². The molecule has 1 N–H and O–H groups in total. The molecule has 6 nitrogen and oxygen atoms in total. The maximum Gasteiger partial charge on any atom is 0.337 e. The van der Waals surface area contributed by atoms with Crippen molar-refractivity contribution in [1.82, 2.24) is 4.57 Å². The molecular weight excluding hydrogens is 471 g/mol. The maximum absolute atomic E-state index is 13.3. The summed E-state index contributed by atoms with van der Waals surface area (Å²) in [7, 11) is 0. The van der Waals surface area contributed by atoms with Crippen molar-refractivity contribution in [3.63, 3.8) is 0 Å². The number of benzene rings is 2. The molecular formula is C30H39FN2O4. The van der Waals surface area contributed by atoms with Crippen LogP contribution in [0.1, 0.15) is 56.2 Å². The summed E-state index contributed by atoms with van der Waals surface area (Å²) < 4.78 is 27.4. The number of alkyl halides is 1. The van der Waals surface area contributed by atoms with Crippen LogP contribution in [0.3, 0.4) is 0 Å². The number of hydrogen-bond acceptors (Lipinski definition) is 4. The topological polar surface area (TPSA) is 63.9 Å². The Morgan fingerprint density at radius 2 is 1.81 bits per heavy atom. The lowest BCUT2D eigenvalue weighted by atomic mass is 9.87. The molecule has 0 amide bonds. The molecule has 1 aliphatic rings. The number of aromatic nitrogens is 1. The Morgan fingerprint density at radius 3 is 2.41 bits per heavy atom. The molecule has 2 heterocycles. The van der Waals surface area contributed by atoms with Crippen molar-refractivity contribution in [2.75, 3.05) is 31.2 Å². The summed E-state index contributed by atoms with van der Waals surface area (Å²) in [6.45, 7) is 15.9. The maximum atomic E-state index is 13.3. The van der Waals surface area contributed by atoms with Crippen LogP contribution in [0, 0.1) is 20.8 Å². The first kappa shape index (κ1) is 27.1. The van der Waals surface area contributed by atoms with Crippen LogP contribution in [-0.4, -0.2) is 53.7 Å². The fourth-order valence-corrected chi connectivity index (χ4v) is 5.36. The van der Waals surface area contributed by atoms with E-state index in [1.807, 2.05) is 34.6 Å². The van der Waals surface area contributed by atoms with Gasteiger partial charge in [0.05, 0.1) is 30.0 Å². The largest absolute Gasteiger partial charge is 0.479 e. The monoisotopic (exact) mass is 510 g/mol. The van der Waals surface area contributed by atoms with E-state index >= 15 is 0 Å². The van der Waals surface area contributed by atoms with Gasteiger partial charge in [-0.2, -0.15) is 0 Å². The standard InChI is InChI=1S/C30H39FN2O4/c1-18-8-10-22(11-9-18)25-23-16-20(3)33-13-12-32(14-15-36-17-19(2)31)26(27(23)33)21(4)24(25)28(29(34)35)37-30(5,6)7/h8-11,16,19,28H,12-15,17H2,1-7H3,(H,34,35)/t19?,28-/m0/s1. The van der Waals surface area contributed by atoms with Crippen molar-refractivity contribution in [1.29, 1.82) is 0 Å². The number of carboxylic acids is 1. The third-order valence-electron chi connectivity index (χ3n) is 6.89. The van der Waals surface area contributed by atoms with Crippen LogP contribution in [0.15, 0.2) is 30.3 Å². The van der Waals surface area contributed by atoms with Crippen molar-refractivity contribution in [3.05, 3.63) is 52.7 Å². The van der Waals surface area contributed by atoms with Gasteiger partial charge in [0.2, 0.25) is 0 Å². The predicted molar refractivity (Wildman–Crippen MR) is 146 cm³/mol. The van der Waals surface area contributed by atoms with Gasteiger partial charge in [0.25, 0.3) is 0 Å². The number of aliphatic carboxylic acids is 1. The quantitative estimate of drug-likeness (QED) is 0.339. The second-order valence-electron chi connectivity index (χ2n) is 11.1. The molecule has 2 atom stereocenters. The lowest BCUT2D eigenvalue weighted by molar-refractivity contribution is -0.160. The van der Waals surface area contributed by atoms with Gasteiger partial charge >= 0.3 is 5.97 Å². The van der Waals surface area contributed by atoms with Crippen LogP contribution in [0.25, 0.3) is 22.0 Å². The Balaban J connectivity index is 1.99. The molecule has 0 saturated heterocycles. The fraction of sp³-hybridized carbons (Fsp3) is 0.500. The van der Waals surface area contributed by atoms with Gasteiger partial charge in [-0.15, -0.1) is 0 Å². The number of carbonyl (C=O) groups is 1. The first-order chi connectivity index (χ1) is 17.4. The zero-order chi connectivity index (χ0) is 27.1. The van der Waals surface area contributed by atoms with Gasteiger partial charge < -0.3 is 24.0 Å². The summed E-state index contributed by atoms with van der Waals surface area (Å²) in [5.41, 5.74) is 7.14. The normalized spacial score (nSPS) is 15.3. The molecule has 3 aromatic rings. The molecule has 0 fully saturated rings. The average molecular weight is 511 g/mol. The molecule has 0 aliphatic carbocycles. The first-order valence-corrected chi connectivity index (χ1v) is 13.0. The van der Waals surface area contributed by atoms with Crippen LogP contribution in [-0.2, 0) is 20.8 Å². The molecule has 0 spiro atoms. The van der Waals surface area contributed by atoms with Crippen molar-refractivity contribution in [3.8, 4) is 11.1 Å². The van der Waals surface area contributed by atoms with Crippen LogP contribution in [0.4, 0.5) is 10.1 Å². The minimum absolute atomic E-state index is 0.0653. The lowest BCUT2D eigenvalue weighted by Gasteiger charge is -2.36. The van der Waals surface area contributed by atoms with Gasteiger partial charge in [-0.25, -0.2) is 9.18 Å². The highest BCUT2D eigenvalue weighted by atomic mass is 19.1. The van der Waals surface area contributed by atoms with Gasteiger partial charge in [0.15, 0.2) is 6.10 Å². The fourth-order valence-electron chi connectivity index (χ4n) is 5.36. The number of rotatable bonds is 9. The molecule has 200 valence electrons. The van der Waals surface area contributed by atoms with Crippen molar-refractivity contribution in [2.45, 2.75) is 72.9 Å². The van der Waals surface area contributed by atoms with E-state index in [1.165, 1.54) is 6.92 Å². The molecule has 4 rings (SSSR count). The number of anilines is 1. The number of hydrogen-bond donors (Lipinski definition) is 1. The summed E-state index contributed by atoms with van der Waals surface area (Å²) in [5.74, 6) is -1.02.